The molecule has 0 aliphatic carbocycles. The van der Waals surface area contributed by atoms with E-state index >= 15 is 0 Å². The van der Waals surface area contributed by atoms with Gasteiger partial charge in [0.1, 0.15) is 5.82 Å². The average Bonchev–Trinajstić information content (AvgIpc) is 3.05. The van der Waals surface area contributed by atoms with E-state index in [1.165, 1.54) is 0 Å². The fourth-order valence-electron chi connectivity index (χ4n) is 2.69. The first-order valence-electron chi connectivity index (χ1n) is 7.09. The number of nitrogens with zero attached hydrogens (tertiary/aromatic N) is 4. The van der Waals surface area contributed by atoms with Crippen LogP contribution < -0.4 is 5.73 Å². The van der Waals surface area contributed by atoms with Crippen LogP contribution in [-0.4, -0.2) is 32.6 Å². The first-order valence-corrected chi connectivity index (χ1v) is 7.09. The maximum absolute atomic E-state index is 12.6. The van der Waals surface area contributed by atoms with Crippen LogP contribution in [0.4, 0.5) is 5.69 Å². The van der Waals surface area contributed by atoms with Gasteiger partial charge in [0.15, 0.2) is 5.82 Å². The van der Waals surface area contributed by atoms with Crippen molar-refractivity contribution in [1.82, 2.24) is 19.7 Å². The second kappa shape index (κ2) is 5.20. The van der Waals surface area contributed by atoms with Gasteiger partial charge < -0.3 is 15.2 Å². The molecule has 110 valence electrons. The molecule has 2 aromatic rings. The second-order valence-electron chi connectivity index (χ2n) is 5.52. The third-order valence-corrected chi connectivity index (χ3v) is 3.90. The number of hydrogen-bond acceptors (Lipinski definition) is 4. The van der Waals surface area contributed by atoms with Crippen LogP contribution >= 0.6 is 0 Å². The molecule has 0 unspecified atom stereocenters. The Morgan fingerprint density at radius 1 is 1.43 bits per heavy atom. The lowest BCUT2D eigenvalue weighted by atomic mass is 10.1. The van der Waals surface area contributed by atoms with Crippen LogP contribution in [0.2, 0.25) is 0 Å². The van der Waals surface area contributed by atoms with E-state index in [9.17, 15) is 4.79 Å². The minimum atomic E-state index is -0.0462. The molecular weight excluding hydrogens is 266 g/mol. The lowest BCUT2D eigenvalue weighted by Gasteiger charge is -2.18. The summed E-state index contributed by atoms with van der Waals surface area (Å²) in [7, 11) is 1.78. The maximum atomic E-state index is 12.6. The molecule has 0 fully saturated rings. The van der Waals surface area contributed by atoms with Gasteiger partial charge in [-0.15, -0.1) is 10.2 Å². The fourth-order valence-corrected chi connectivity index (χ4v) is 2.69. The van der Waals surface area contributed by atoms with Gasteiger partial charge >= 0.3 is 0 Å². The molecule has 0 saturated carbocycles. The van der Waals surface area contributed by atoms with Gasteiger partial charge in [0.25, 0.3) is 5.91 Å². The van der Waals surface area contributed by atoms with Gasteiger partial charge in [-0.3, -0.25) is 4.79 Å². The SMILES string of the molecule is Cc1ccc(N)cc1C(=O)N(C)Cc1nnc2n1CCC2. The van der Waals surface area contributed by atoms with E-state index in [1.54, 1.807) is 24.1 Å². The van der Waals surface area contributed by atoms with Gasteiger partial charge in [-0.2, -0.15) is 0 Å². The lowest BCUT2D eigenvalue weighted by Crippen LogP contribution is -2.28. The van der Waals surface area contributed by atoms with Crippen LogP contribution in [0.5, 0.6) is 0 Å². The number of fused-ring (bicyclic) bond motifs is 1. The highest BCUT2D eigenvalue weighted by Gasteiger charge is 2.21. The third kappa shape index (κ3) is 2.49. The topological polar surface area (TPSA) is 77.0 Å². The number of rotatable bonds is 3. The van der Waals surface area contributed by atoms with Gasteiger partial charge in [0, 0.05) is 31.3 Å². The number of amides is 1. The van der Waals surface area contributed by atoms with Crippen molar-refractivity contribution < 1.29 is 4.79 Å². The summed E-state index contributed by atoms with van der Waals surface area (Å²) in [6.07, 6.45) is 2.07. The summed E-state index contributed by atoms with van der Waals surface area (Å²) in [6, 6.07) is 5.39. The number of aromatic nitrogens is 3. The second-order valence-corrected chi connectivity index (χ2v) is 5.52. The standard InChI is InChI=1S/C15H19N5O/c1-10-5-6-11(16)8-12(10)15(21)19(2)9-14-18-17-13-4-3-7-20(13)14/h5-6,8H,3-4,7,9,16H2,1-2H3. The molecule has 21 heavy (non-hydrogen) atoms. The Bertz CT molecular complexity index is 691. The Balaban J connectivity index is 1.80. The summed E-state index contributed by atoms with van der Waals surface area (Å²) in [4.78, 5) is 14.2. The summed E-state index contributed by atoms with van der Waals surface area (Å²) in [5.74, 6) is 1.82. The molecule has 6 heteroatoms. The minimum Gasteiger partial charge on any atom is -0.399 e. The maximum Gasteiger partial charge on any atom is 0.254 e. The van der Waals surface area contributed by atoms with E-state index in [0.29, 0.717) is 17.8 Å². The average molecular weight is 285 g/mol. The van der Waals surface area contributed by atoms with E-state index in [4.69, 9.17) is 5.73 Å². The molecule has 2 N–H and O–H groups in total. The van der Waals surface area contributed by atoms with Gasteiger partial charge in [-0.25, -0.2) is 0 Å². The number of nitrogen functional groups attached to an aromatic ring is 1. The van der Waals surface area contributed by atoms with Crippen molar-refractivity contribution >= 4 is 11.6 Å². The monoisotopic (exact) mass is 285 g/mol. The molecule has 6 nitrogen and oxygen atoms in total. The Morgan fingerprint density at radius 2 is 2.24 bits per heavy atom. The zero-order valence-electron chi connectivity index (χ0n) is 12.3. The molecule has 0 saturated heterocycles. The Kier molecular flexibility index (Phi) is 3.37. The molecular formula is C15H19N5O. The van der Waals surface area contributed by atoms with Crippen molar-refractivity contribution in [3.8, 4) is 0 Å². The summed E-state index contributed by atoms with van der Waals surface area (Å²) in [5.41, 5.74) is 7.94. The summed E-state index contributed by atoms with van der Waals surface area (Å²) in [6.45, 7) is 3.31. The third-order valence-electron chi connectivity index (χ3n) is 3.90. The molecule has 1 aliphatic heterocycles. The quantitative estimate of drug-likeness (QED) is 0.864. The van der Waals surface area contributed by atoms with Crippen molar-refractivity contribution in [2.24, 2.45) is 0 Å². The highest BCUT2D eigenvalue weighted by Crippen LogP contribution is 2.18. The number of nitrogens with two attached hydrogens (primary N) is 1. The molecule has 2 heterocycles. The summed E-state index contributed by atoms with van der Waals surface area (Å²) < 4.78 is 2.11. The summed E-state index contributed by atoms with van der Waals surface area (Å²) in [5, 5.41) is 8.36. The molecule has 1 amide bonds. The van der Waals surface area contributed by atoms with Crippen molar-refractivity contribution in [2.75, 3.05) is 12.8 Å². The van der Waals surface area contributed by atoms with Crippen LogP contribution in [0.3, 0.4) is 0 Å². The van der Waals surface area contributed by atoms with Gasteiger partial charge in [0.05, 0.1) is 6.54 Å². The molecule has 0 radical (unpaired) electrons. The van der Waals surface area contributed by atoms with Crippen molar-refractivity contribution in [2.45, 2.75) is 32.9 Å². The lowest BCUT2D eigenvalue weighted by molar-refractivity contribution is 0.0779. The van der Waals surface area contributed by atoms with Crippen LogP contribution in [-0.2, 0) is 19.5 Å². The predicted molar refractivity (Wildman–Crippen MR) is 79.7 cm³/mol. The summed E-state index contributed by atoms with van der Waals surface area (Å²) >= 11 is 0. The van der Waals surface area contributed by atoms with Gasteiger partial charge in [0.2, 0.25) is 0 Å². The van der Waals surface area contributed by atoms with Crippen molar-refractivity contribution in [3.63, 3.8) is 0 Å². The number of carbonyl (C=O) groups excluding carboxylic acids is 1. The number of aryl methyl sites for hydroxylation is 2. The Hall–Kier alpha value is -2.37. The van der Waals surface area contributed by atoms with Crippen molar-refractivity contribution in [1.29, 1.82) is 0 Å². The van der Waals surface area contributed by atoms with E-state index in [0.717, 1.165) is 36.6 Å². The Labute approximate surface area is 123 Å². The largest absolute Gasteiger partial charge is 0.399 e. The number of benzene rings is 1. The zero-order chi connectivity index (χ0) is 15.0. The Morgan fingerprint density at radius 3 is 3.05 bits per heavy atom. The predicted octanol–water partition coefficient (Wildman–Crippen LogP) is 1.39. The van der Waals surface area contributed by atoms with E-state index in [2.05, 4.69) is 14.8 Å². The van der Waals surface area contributed by atoms with E-state index < -0.39 is 0 Å². The van der Waals surface area contributed by atoms with E-state index in [1.807, 2.05) is 13.0 Å². The molecule has 0 spiro atoms. The van der Waals surface area contributed by atoms with Crippen LogP contribution in [0, 0.1) is 6.92 Å². The number of hydrogen-bond donors (Lipinski definition) is 1. The zero-order valence-corrected chi connectivity index (χ0v) is 12.3. The normalized spacial score (nSPS) is 13.2. The molecule has 3 rings (SSSR count). The van der Waals surface area contributed by atoms with Crippen LogP contribution in [0.1, 0.15) is 34.0 Å². The highest BCUT2D eigenvalue weighted by atomic mass is 16.2. The fraction of sp³-hybridized carbons (Fsp3) is 0.400. The minimum absolute atomic E-state index is 0.0462. The molecule has 1 aromatic heterocycles. The highest BCUT2D eigenvalue weighted by molar-refractivity contribution is 5.96. The molecule has 1 aromatic carbocycles. The first kappa shape index (κ1) is 13.6. The van der Waals surface area contributed by atoms with Gasteiger partial charge in [-0.05, 0) is 31.0 Å². The van der Waals surface area contributed by atoms with Crippen molar-refractivity contribution in [3.05, 3.63) is 41.0 Å². The molecule has 1 aliphatic rings. The first-order chi connectivity index (χ1) is 10.1. The molecule has 0 atom stereocenters. The van der Waals surface area contributed by atoms with Crippen LogP contribution in [0.25, 0.3) is 0 Å². The number of anilines is 1. The number of carbonyl (C=O) groups is 1. The smallest absolute Gasteiger partial charge is 0.254 e. The van der Waals surface area contributed by atoms with Crippen LogP contribution in [0.15, 0.2) is 18.2 Å². The van der Waals surface area contributed by atoms with Gasteiger partial charge in [-0.1, -0.05) is 6.07 Å². The molecule has 0 bridgehead atoms. The van der Waals surface area contributed by atoms with E-state index in [-0.39, 0.29) is 5.91 Å².